The van der Waals surface area contributed by atoms with Gasteiger partial charge in [-0.15, -0.1) is 0 Å². The Balaban J connectivity index is 2.35. The molecule has 1 nitrogen and oxygen atoms in total. The SMILES string of the molecule is Fc1c(Br)cc(Br)c2c1[C@@H]1C=C[C@H]2O1. The molecular weight excluding hydrogens is 315 g/mol. The van der Waals surface area contributed by atoms with Gasteiger partial charge in [-0.25, -0.2) is 4.39 Å². The molecule has 1 aromatic carbocycles. The van der Waals surface area contributed by atoms with Crippen LogP contribution >= 0.6 is 31.9 Å². The van der Waals surface area contributed by atoms with E-state index in [1.807, 2.05) is 12.2 Å². The van der Waals surface area contributed by atoms with E-state index in [-0.39, 0.29) is 18.0 Å². The van der Waals surface area contributed by atoms with E-state index in [1.165, 1.54) is 0 Å². The first kappa shape index (κ1) is 9.07. The molecule has 0 unspecified atom stereocenters. The van der Waals surface area contributed by atoms with Crippen molar-refractivity contribution >= 4 is 31.9 Å². The third-order valence-electron chi connectivity index (χ3n) is 2.57. The molecule has 2 heterocycles. The summed E-state index contributed by atoms with van der Waals surface area (Å²) in [6, 6.07) is 1.73. The third-order valence-corrected chi connectivity index (χ3v) is 3.80. The summed E-state index contributed by atoms with van der Waals surface area (Å²) in [5.74, 6) is -0.208. The summed E-state index contributed by atoms with van der Waals surface area (Å²) < 4.78 is 20.7. The van der Waals surface area contributed by atoms with Gasteiger partial charge >= 0.3 is 0 Å². The Morgan fingerprint density at radius 3 is 2.43 bits per heavy atom. The zero-order valence-corrected chi connectivity index (χ0v) is 10.1. The molecule has 1 aromatic rings. The fraction of sp³-hybridized carbons (Fsp3) is 0.200. The maximum absolute atomic E-state index is 13.8. The van der Waals surface area contributed by atoms with Crippen molar-refractivity contribution in [2.45, 2.75) is 12.2 Å². The maximum atomic E-state index is 13.8. The number of rotatable bonds is 0. The molecule has 4 heteroatoms. The van der Waals surface area contributed by atoms with Crippen LogP contribution in [0.15, 0.2) is 27.2 Å². The minimum Gasteiger partial charge on any atom is -0.357 e. The number of fused-ring (bicyclic) bond motifs is 5. The van der Waals surface area contributed by atoms with Gasteiger partial charge in [0, 0.05) is 15.6 Å². The van der Waals surface area contributed by atoms with Crippen LogP contribution in [-0.4, -0.2) is 0 Å². The second-order valence-corrected chi connectivity index (χ2v) is 5.05. The molecule has 0 amide bonds. The van der Waals surface area contributed by atoms with Crippen molar-refractivity contribution in [1.82, 2.24) is 0 Å². The van der Waals surface area contributed by atoms with Gasteiger partial charge in [0.1, 0.15) is 18.0 Å². The first-order valence-corrected chi connectivity index (χ1v) is 5.78. The Morgan fingerprint density at radius 1 is 1.07 bits per heavy atom. The van der Waals surface area contributed by atoms with Crippen LogP contribution in [0.5, 0.6) is 0 Å². The van der Waals surface area contributed by atoms with Gasteiger partial charge in [0.25, 0.3) is 0 Å². The Labute approximate surface area is 97.2 Å². The molecule has 0 saturated carbocycles. The molecule has 0 saturated heterocycles. The smallest absolute Gasteiger partial charge is 0.143 e. The number of hydrogen-bond acceptors (Lipinski definition) is 1. The Kier molecular flexibility index (Phi) is 1.88. The van der Waals surface area contributed by atoms with E-state index >= 15 is 0 Å². The first-order valence-electron chi connectivity index (χ1n) is 4.19. The van der Waals surface area contributed by atoms with Crippen molar-refractivity contribution in [3.8, 4) is 0 Å². The standard InChI is InChI=1S/C10H5Br2FO/c11-4-3-5(12)10(13)9-7-2-1-6(14-7)8(4)9/h1-3,6-7H/t6-,7+/m1/s1. The molecule has 72 valence electrons. The summed E-state index contributed by atoms with van der Waals surface area (Å²) in [6.07, 6.45) is 3.58. The maximum Gasteiger partial charge on any atom is 0.143 e. The first-order chi connectivity index (χ1) is 6.68. The topological polar surface area (TPSA) is 9.23 Å². The van der Waals surface area contributed by atoms with E-state index in [1.54, 1.807) is 6.07 Å². The highest BCUT2D eigenvalue weighted by molar-refractivity contribution is 9.11. The van der Waals surface area contributed by atoms with Crippen LogP contribution < -0.4 is 0 Å². The van der Waals surface area contributed by atoms with Crippen molar-refractivity contribution in [2.75, 3.05) is 0 Å². The van der Waals surface area contributed by atoms with Crippen molar-refractivity contribution in [1.29, 1.82) is 0 Å². The highest BCUT2D eigenvalue weighted by Gasteiger charge is 2.38. The van der Waals surface area contributed by atoms with Gasteiger partial charge in [0.15, 0.2) is 0 Å². The molecule has 2 aliphatic heterocycles. The summed E-state index contributed by atoms with van der Waals surface area (Å²) in [4.78, 5) is 0. The average molecular weight is 320 g/mol. The van der Waals surface area contributed by atoms with E-state index in [4.69, 9.17) is 4.74 Å². The van der Waals surface area contributed by atoms with E-state index in [2.05, 4.69) is 31.9 Å². The van der Waals surface area contributed by atoms with Crippen molar-refractivity contribution in [3.63, 3.8) is 0 Å². The van der Waals surface area contributed by atoms with Crippen LogP contribution in [0.3, 0.4) is 0 Å². The largest absolute Gasteiger partial charge is 0.357 e. The number of hydrogen-bond donors (Lipinski definition) is 0. The number of benzene rings is 1. The summed E-state index contributed by atoms with van der Waals surface area (Å²) in [5.41, 5.74) is 1.59. The monoisotopic (exact) mass is 318 g/mol. The van der Waals surface area contributed by atoms with Crippen LogP contribution in [-0.2, 0) is 4.74 Å². The molecule has 14 heavy (non-hydrogen) atoms. The molecule has 0 radical (unpaired) electrons. The quantitative estimate of drug-likeness (QED) is 0.518. The molecule has 0 spiro atoms. The zero-order chi connectivity index (χ0) is 9.87. The van der Waals surface area contributed by atoms with Crippen molar-refractivity contribution in [2.24, 2.45) is 0 Å². The summed E-state index contributed by atoms with van der Waals surface area (Å²) in [7, 11) is 0. The molecule has 2 bridgehead atoms. The molecule has 0 fully saturated rings. The van der Waals surface area contributed by atoms with Crippen LogP contribution in [0.4, 0.5) is 4.39 Å². The molecule has 0 aliphatic carbocycles. The van der Waals surface area contributed by atoms with E-state index < -0.39 is 0 Å². The lowest BCUT2D eigenvalue weighted by atomic mass is 9.96. The van der Waals surface area contributed by atoms with Gasteiger partial charge in [-0.05, 0) is 22.0 Å². The van der Waals surface area contributed by atoms with E-state index in [9.17, 15) is 4.39 Å². The van der Waals surface area contributed by atoms with Gasteiger partial charge in [-0.3, -0.25) is 0 Å². The lowest BCUT2D eigenvalue weighted by Crippen LogP contribution is -1.99. The van der Waals surface area contributed by atoms with E-state index in [0.29, 0.717) is 10.0 Å². The Hall–Kier alpha value is -0.190. The number of ether oxygens (including phenoxy) is 1. The highest BCUT2D eigenvalue weighted by Crippen LogP contribution is 2.50. The Morgan fingerprint density at radius 2 is 1.71 bits per heavy atom. The van der Waals surface area contributed by atoms with E-state index in [0.717, 1.165) is 10.0 Å². The van der Waals surface area contributed by atoms with Crippen LogP contribution in [0.2, 0.25) is 0 Å². The van der Waals surface area contributed by atoms with Gasteiger partial charge in [-0.1, -0.05) is 28.1 Å². The lowest BCUT2D eigenvalue weighted by molar-refractivity contribution is 0.0865. The van der Waals surface area contributed by atoms with Crippen molar-refractivity contribution < 1.29 is 9.13 Å². The van der Waals surface area contributed by atoms with Crippen LogP contribution in [0, 0.1) is 5.82 Å². The van der Waals surface area contributed by atoms with Crippen LogP contribution in [0.1, 0.15) is 23.3 Å². The third kappa shape index (κ3) is 1.02. The number of halogens is 3. The average Bonchev–Trinajstić information content (AvgIpc) is 2.73. The summed E-state index contributed by atoms with van der Waals surface area (Å²) >= 11 is 6.61. The molecular formula is C10H5Br2FO. The van der Waals surface area contributed by atoms with Crippen LogP contribution in [0.25, 0.3) is 0 Å². The highest BCUT2D eigenvalue weighted by atomic mass is 79.9. The fourth-order valence-electron chi connectivity index (χ4n) is 1.97. The fourth-order valence-corrected chi connectivity index (χ4v) is 3.39. The summed E-state index contributed by atoms with van der Waals surface area (Å²) in [6.45, 7) is 0. The molecule has 0 aromatic heterocycles. The minimum absolute atomic E-state index is 0.0769. The predicted molar refractivity (Wildman–Crippen MR) is 57.5 cm³/mol. The van der Waals surface area contributed by atoms with Gasteiger partial charge in [-0.2, -0.15) is 0 Å². The summed E-state index contributed by atoms with van der Waals surface area (Å²) in [5, 5.41) is 0. The predicted octanol–water partition coefficient (Wildman–Crippen LogP) is 4.03. The molecule has 2 atom stereocenters. The normalized spacial score (nSPS) is 27.1. The van der Waals surface area contributed by atoms with Gasteiger partial charge in [0.2, 0.25) is 0 Å². The van der Waals surface area contributed by atoms with Gasteiger partial charge < -0.3 is 4.74 Å². The minimum atomic E-state index is -0.208. The molecule has 3 rings (SSSR count). The lowest BCUT2D eigenvalue weighted by Gasteiger charge is -2.11. The molecule has 2 aliphatic rings. The second kappa shape index (κ2) is 2.90. The van der Waals surface area contributed by atoms with Crippen molar-refractivity contribution in [3.05, 3.63) is 44.1 Å². The molecule has 0 N–H and O–H groups in total. The Bertz CT molecular complexity index is 456. The zero-order valence-electron chi connectivity index (χ0n) is 6.93. The second-order valence-electron chi connectivity index (χ2n) is 3.34. The van der Waals surface area contributed by atoms with Gasteiger partial charge in [0.05, 0.1) is 4.47 Å².